The molecule has 3 aromatic rings. The number of rotatable bonds is 5. The van der Waals surface area contributed by atoms with E-state index in [0.29, 0.717) is 15.8 Å². The number of hydrogen-bond donors (Lipinski definition) is 1. The Morgan fingerprint density at radius 1 is 1.05 bits per heavy atom. The first-order valence-electron chi connectivity index (χ1n) is 6.72. The van der Waals surface area contributed by atoms with Crippen molar-refractivity contribution in [2.75, 3.05) is 0 Å². The van der Waals surface area contributed by atoms with Crippen molar-refractivity contribution < 1.29 is 0 Å². The van der Waals surface area contributed by atoms with Gasteiger partial charge in [-0.3, -0.25) is 5.10 Å². The van der Waals surface area contributed by atoms with Gasteiger partial charge in [0, 0.05) is 22.2 Å². The summed E-state index contributed by atoms with van der Waals surface area (Å²) in [5.41, 5.74) is 2.22. The third-order valence-corrected chi connectivity index (χ3v) is 4.58. The molecule has 0 aliphatic carbocycles. The topological polar surface area (TPSA) is 41.6 Å². The van der Waals surface area contributed by atoms with Gasteiger partial charge in [-0.25, -0.2) is 4.98 Å². The summed E-state index contributed by atoms with van der Waals surface area (Å²) in [6, 6.07) is 15.7. The van der Waals surface area contributed by atoms with E-state index in [1.54, 1.807) is 17.8 Å². The lowest BCUT2D eigenvalue weighted by Gasteiger charge is -2.02. The Balaban J connectivity index is 1.62. The van der Waals surface area contributed by atoms with Gasteiger partial charge in [-0.2, -0.15) is 0 Å². The summed E-state index contributed by atoms with van der Waals surface area (Å²) in [5, 5.41) is 9.24. The maximum absolute atomic E-state index is 6.16. The molecule has 0 aliphatic rings. The van der Waals surface area contributed by atoms with Crippen LogP contribution in [0.3, 0.4) is 0 Å². The molecule has 0 amide bonds. The highest BCUT2D eigenvalue weighted by molar-refractivity contribution is 7.98. The average molecular weight is 350 g/mol. The number of nitrogens with one attached hydrogen (secondary N) is 1. The van der Waals surface area contributed by atoms with Crippen molar-refractivity contribution in [3.63, 3.8) is 0 Å². The Bertz CT molecular complexity index is 759. The van der Waals surface area contributed by atoms with Gasteiger partial charge in [-0.05, 0) is 23.3 Å². The minimum Gasteiger partial charge on any atom is -0.262 e. The Morgan fingerprint density at radius 3 is 2.64 bits per heavy atom. The first-order chi connectivity index (χ1) is 10.7. The van der Waals surface area contributed by atoms with Crippen molar-refractivity contribution in [1.29, 1.82) is 0 Å². The lowest BCUT2D eigenvalue weighted by Crippen LogP contribution is -1.90. The number of nitrogens with zero attached hydrogens (tertiary/aromatic N) is 2. The number of thioether (sulfide) groups is 1. The lowest BCUT2D eigenvalue weighted by atomic mass is 10.1. The summed E-state index contributed by atoms with van der Waals surface area (Å²) in [7, 11) is 0. The average Bonchev–Trinajstić information content (AvgIpc) is 2.95. The molecular formula is C16H13Cl2N3S. The number of H-pyrrole nitrogens is 1. The molecule has 1 aromatic heterocycles. The van der Waals surface area contributed by atoms with Crippen molar-refractivity contribution in [2.24, 2.45) is 0 Å². The van der Waals surface area contributed by atoms with Crippen LogP contribution in [-0.4, -0.2) is 15.2 Å². The van der Waals surface area contributed by atoms with Gasteiger partial charge in [0.2, 0.25) is 5.16 Å². The Morgan fingerprint density at radius 2 is 1.86 bits per heavy atom. The highest BCUT2D eigenvalue weighted by atomic mass is 35.5. The summed E-state index contributed by atoms with van der Waals surface area (Å²) in [6.45, 7) is 0. The second-order valence-corrected chi connectivity index (χ2v) is 6.54. The maximum Gasteiger partial charge on any atom is 0.208 e. The second-order valence-electron chi connectivity index (χ2n) is 4.75. The van der Waals surface area contributed by atoms with Gasteiger partial charge < -0.3 is 0 Å². The van der Waals surface area contributed by atoms with Gasteiger partial charge in [0.05, 0.1) is 0 Å². The molecule has 0 atom stereocenters. The van der Waals surface area contributed by atoms with E-state index in [4.69, 9.17) is 23.2 Å². The van der Waals surface area contributed by atoms with Crippen molar-refractivity contribution in [3.05, 3.63) is 75.5 Å². The van der Waals surface area contributed by atoms with E-state index < -0.39 is 0 Å². The fourth-order valence-electron chi connectivity index (χ4n) is 1.99. The molecule has 1 heterocycles. The fraction of sp³-hybridized carbons (Fsp3) is 0.125. The predicted molar refractivity (Wildman–Crippen MR) is 91.7 cm³/mol. The third kappa shape index (κ3) is 4.03. The molecule has 2 aromatic carbocycles. The van der Waals surface area contributed by atoms with Gasteiger partial charge in [0.25, 0.3) is 0 Å². The molecule has 0 radical (unpaired) electrons. The van der Waals surface area contributed by atoms with Crippen LogP contribution in [0.5, 0.6) is 0 Å². The Labute approximate surface area is 143 Å². The van der Waals surface area contributed by atoms with Crippen LogP contribution >= 0.6 is 35.0 Å². The molecule has 3 rings (SSSR count). The highest BCUT2D eigenvalue weighted by Crippen LogP contribution is 2.27. The van der Waals surface area contributed by atoms with Crippen LogP contribution in [0, 0.1) is 0 Å². The summed E-state index contributed by atoms with van der Waals surface area (Å²) in [4.78, 5) is 4.49. The standard InChI is InChI=1S/C16H13Cl2N3S/c17-13-7-6-12(14(18)9-13)10-22-16-19-15(20-21-16)8-11-4-2-1-3-5-11/h1-7,9H,8,10H2,(H,19,20,21). The van der Waals surface area contributed by atoms with E-state index in [-0.39, 0.29) is 0 Å². The Hall–Kier alpha value is -1.49. The third-order valence-electron chi connectivity index (χ3n) is 3.10. The van der Waals surface area contributed by atoms with Gasteiger partial charge >= 0.3 is 0 Å². The summed E-state index contributed by atoms with van der Waals surface area (Å²) in [5.74, 6) is 1.56. The smallest absolute Gasteiger partial charge is 0.208 e. The molecule has 6 heteroatoms. The second kappa shape index (κ2) is 7.18. The summed E-state index contributed by atoms with van der Waals surface area (Å²) >= 11 is 13.6. The first-order valence-corrected chi connectivity index (χ1v) is 8.47. The lowest BCUT2D eigenvalue weighted by molar-refractivity contribution is 0.956. The molecule has 0 saturated carbocycles. The first kappa shape index (κ1) is 15.4. The monoisotopic (exact) mass is 349 g/mol. The zero-order valence-corrected chi connectivity index (χ0v) is 13.9. The molecule has 1 N–H and O–H groups in total. The van der Waals surface area contributed by atoms with Crippen LogP contribution < -0.4 is 0 Å². The van der Waals surface area contributed by atoms with Crippen LogP contribution in [0.4, 0.5) is 0 Å². The van der Waals surface area contributed by atoms with Crippen molar-refractivity contribution in [3.8, 4) is 0 Å². The normalized spacial score (nSPS) is 10.8. The zero-order chi connectivity index (χ0) is 15.4. The SMILES string of the molecule is Clc1ccc(CSc2n[nH]c(Cc3ccccc3)n2)c(Cl)c1. The molecular weight excluding hydrogens is 337 g/mol. The van der Waals surface area contributed by atoms with E-state index in [1.807, 2.05) is 30.3 Å². The highest BCUT2D eigenvalue weighted by Gasteiger charge is 2.07. The zero-order valence-electron chi connectivity index (χ0n) is 11.6. The molecule has 0 unspecified atom stereocenters. The number of benzene rings is 2. The minimum atomic E-state index is 0.641. The maximum atomic E-state index is 6.16. The summed E-state index contributed by atoms with van der Waals surface area (Å²) in [6.07, 6.45) is 0.746. The largest absolute Gasteiger partial charge is 0.262 e. The Kier molecular flexibility index (Phi) is 5.03. The number of aromatic amines is 1. The van der Waals surface area contributed by atoms with Crippen molar-refractivity contribution >= 4 is 35.0 Å². The number of hydrogen-bond acceptors (Lipinski definition) is 3. The van der Waals surface area contributed by atoms with E-state index in [2.05, 4.69) is 27.3 Å². The molecule has 3 nitrogen and oxygen atoms in total. The minimum absolute atomic E-state index is 0.641. The molecule has 0 spiro atoms. The predicted octanol–water partition coefficient (Wildman–Crippen LogP) is 4.99. The van der Waals surface area contributed by atoms with E-state index in [1.165, 1.54) is 5.56 Å². The van der Waals surface area contributed by atoms with E-state index in [0.717, 1.165) is 23.0 Å². The van der Waals surface area contributed by atoms with Crippen molar-refractivity contribution in [2.45, 2.75) is 17.3 Å². The molecule has 22 heavy (non-hydrogen) atoms. The molecule has 0 saturated heterocycles. The van der Waals surface area contributed by atoms with Crippen LogP contribution in [-0.2, 0) is 12.2 Å². The van der Waals surface area contributed by atoms with Gasteiger partial charge in [-0.15, -0.1) is 5.10 Å². The molecule has 0 aliphatic heterocycles. The summed E-state index contributed by atoms with van der Waals surface area (Å²) < 4.78 is 0. The van der Waals surface area contributed by atoms with Crippen LogP contribution in [0.2, 0.25) is 10.0 Å². The van der Waals surface area contributed by atoms with Crippen molar-refractivity contribution in [1.82, 2.24) is 15.2 Å². The molecule has 0 bridgehead atoms. The fourth-order valence-corrected chi connectivity index (χ4v) is 3.37. The van der Waals surface area contributed by atoms with Crippen LogP contribution in [0.1, 0.15) is 17.0 Å². The number of halogens is 2. The number of aromatic nitrogens is 3. The van der Waals surface area contributed by atoms with E-state index >= 15 is 0 Å². The van der Waals surface area contributed by atoms with Crippen LogP contribution in [0.15, 0.2) is 53.7 Å². The quantitative estimate of drug-likeness (QED) is 0.659. The van der Waals surface area contributed by atoms with E-state index in [9.17, 15) is 0 Å². The van der Waals surface area contributed by atoms with Gasteiger partial charge in [0.1, 0.15) is 5.82 Å². The molecule has 112 valence electrons. The molecule has 0 fully saturated rings. The van der Waals surface area contributed by atoms with Gasteiger partial charge in [-0.1, -0.05) is 71.4 Å². The van der Waals surface area contributed by atoms with Gasteiger partial charge in [0.15, 0.2) is 0 Å². The van der Waals surface area contributed by atoms with Crippen LogP contribution in [0.25, 0.3) is 0 Å².